The van der Waals surface area contributed by atoms with Crippen molar-refractivity contribution in [2.45, 2.75) is 39.0 Å². The fourth-order valence-electron chi connectivity index (χ4n) is 3.11. The highest BCUT2D eigenvalue weighted by Crippen LogP contribution is 2.38. The van der Waals surface area contributed by atoms with Gasteiger partial charge in [0.2, 0.25) is 0 Å². The van der Waals surface area contributed by atoms with E-state index in [1.54, 1.807) is 24.9 Å². The van der Waals surface area contributed by atoms with Gasteiger partial charge in [-0.05, 0) is 62.8 Å². The predicted octanol–water partition coefficient (Wildman–Crippen LogP) is 4.19. The first kappa shape index (κ1) is 20.7. The number of pyridine rings is 1. The maximum Gasteiger partial charge on any atom is 0.417 e. The van der Waals surface area contributed by atoms with Crippen LogP contribution in [0.1, 0.15) is 36.2 Å². The quantitative estimate of drug-likeness (QED) is 0.700. The smallest absolute Gasteiger partial charge is 0.330 e. The Morgan fingerprint density at radius 3 is 2.48 bits per heavy atom. The molecular weight excluding hydrogens is 401 g/mol. The van der Waals surface area contributed by atoms with Crippen molar-refractivity contribution in [3.8, 4) is 6.07 Å². The minimum atomic E-state index is -4.73. The summed E-state index contributed by atoms with van der Waals surface area (Å²) in [5.41, 5.74) is -1.05. The molecule has 1 aliphatic rings. The number of benzene rings is 1. The van der Waals surface area contributed by atoms with Crippen LogP contribution >= 0.6 is 12.2 Å². The normalized spacial score (nSPS) is 16.3. The molecule has 0 N–H and O–H groups in total. The molecule has 2 heterocycles. The van der Waals surface area contributed by atoms with E-state index in [-0.39, 0.29) is 17.3 Å². The maximum absolute atomic E-state index is 13.3. The Kier molecular flexibility index (Phi) is 5.09. The van der Waals surface area contributed by atoms with Crippen molar-refractivity contribution in [1.82, 2.24) is 9.88 Å². The summed E-state index contributed by atoms with van der Waals surface area (Å²) >= 11 is 5.46. The number of nitrogens with zero attached hydrogens (tertiary/aromatic N) is 4. The first-order chi connectivity index (χ1) is 13.5. The number of aromatic nitrogens is 1. The first-order valence-corrected chi connectivity index (χ1v) is 9.06. The minimum absolute atomic E-state index is 0.0241. The third kappa shape index (κ3) is 3.68. The number of hydrogen-bond acceptors (Lipinski definition) is 4. The van der Waals surface area contributed by atoms with Gasteiger partial charge >= 0.3 is 6.18 Å². The Balaban J connectivity index is 2.01. The summed E-state index contributed by atoms with van der Waals surface area (Å²) in [5, 5.41) is 9.08. The lowest BCUT2D eigenvalue weighted by Crippen LogP contribution is -2.43. The molecule has 150 valence electrons. The van der Waals surface area contributed by atoms with Gasteiger partial charge in [0.05, 0.1) is 22.9 Å². The molecule has 0 saturated carbocycles. The molecule has 1 aromatic heterocycles. The second-order valence-electron chi connectivity index (χ2n) is 7.22. The molecule has 1 amide bonds. The van der Waals surface area contributed by atoms with Crippen LogP contribution in [0, 0.1) is 18.3 Å². The number of thiocarbonyl (C=S) groups is 1. The first-order valence-electron chi connectivity index (χ1n) is 8.66. The highest BCUT2D eigenvalue weighted by atomic mass is 32.1. The number of aryl methyl sites for hydroxylation is 1. The Hall–Kier alpha value is -2.99. The van der Waals surface area contributed by atoms with E-state index in [1.807, 2.05) is 19.1 Å². The molecule has 0 bridgehead atoms. The van der Waals surface area contributed by atoms with Crippen LogP contribution in [0.25, 0.3) is 0 Å². The highest BCUT2D eigenvalue weighted by molar-refractivity contribution is 7.80. The lowest BCUT2D eigenvalue weighted by atomic mass is 10.0. The Morgan fingerprint density at radius 2 is 1.93 bits per heavy atom. The van der Waals surface area contributed by atoms with Gasteiger partial charge < -0.3 is 4.90 Å². The summed E-state index contributed by atoms with van der Waals surface area (Å²) in [6, 6.07) is 8.35. The fourth-order valence-corrected chi connectivity index (χ4v) is 3.59. The van der Waals surface area contributed by atoms with Crippen LogP contribution in [-0.4, -0.2) is 26.4 Å². The number of halogens is 3. The molecule has 5 nitrogen and oxygen atoms in total. The predicted molar refractivity (Wildman–Crippen MR) is 105 cm³/mol. The average Bonchev–Trinajstić information content (AvgIpc) is 2.82. The third-order valence-corrected chi connectivity index (χ3v) is 5.23. The standard InChI is InChI=1S/C20H17F3N4OS/c1-12-4-5-13(10-25-12)11-26-18(29)27(17(28)19(26,2)3)15-7-6-14(9-24)16(8-15)20(21,22)23/h4-8,10H,11H2,1-3H3. The molecule has 0 unspecified atom stereocenters. The van der Waals surface area contributed by atoms with Gasteiger partial charge in [-0.15, -0.1) is 0 Å². The molecule has 1 aliphatic heterocycles. The highest BCUT2D eigenvalue weighted by Gasteiger charge is 2.49. The van der Waals surface area contributed by atoms with E-state index in [9.17, 15) is 18.0 Å². The van der Waals surface area contributed by atoms with Crippen molar-refractivity contribution < 1.29 is 18.0 Å². The third-order valence-electron chi connectivity index (χ3n) is 4.82. The summed E-state index contributed by atoms with van der Waals surface area (Å²) in [4.78, 5) is 20.0. The van der Waals surface area contributed by atoms with Crippen molar-refractivity contribution >= 4 is 28.9 Å². The van der Waals surface area contributed by atoms with Gasteiger partial charge in [-0.2, -0.15) is 18.4 Å². The molecule has 29 heavy (non-hydrogen) atoms. The van der Waals surface area contributed by atoms with Gasteiger partial charge in [-0.1, -0.05) is 6.07 Å². The summed E-state index contributed by atoms with van der Waals surface area (Å²) < 4.78 is 40.0. The van der Waals surface area contributed by atoms with Gasteiger partial charge in [0.1, 0.15) is 5.54 Å². The van der Waals surface area contributed by atoms with Gasteiger partial charge in [0, 0.05) is 18.4 Å². The molecule has 0 aliphatic carbocycles. The molecular formula is C20H17F3N4OS. The van der Waals surface area contributed by atoms with Gasteiger partial charge in [-0.25, -0.2) is 0 Å². The van der Waals surface area contributed by atoms with E-state index >= 15 is 0 Å². The number of anilines is 1. The fraction of sp³-hybridized carbons (Fsp3) is 0.300. The van der Waals surface area contributed by atoms with Crippen LogP contribution in [0.3, 0.4) is 0 Å². The van der Waals surface area contributed by atoms with Crippen molar-refractivity contribution in [3.63, 3.8) is 0 Å². The number of nitriles is 1. The topological polar surface area (TPSA) is 60.2 Å². The maximum atomic E-state index is 13.3. The van der Waals surface area contributed by atoms with Crippen LogP contribution < -0.4 is 4.90 Å². The van der Waals surface area contributed by atoms with Crippen molar-refractivity contribution in [2.75, 3.05) is 4.90 Å². The van der Waals surface area contributed by atoms with E-state index < -0.39 is 28.7 Å². The molecule has 0 radical (unpaired) electrons. The number of rotatable bonds is 3. The molecule has 1 saturated heterocycles. The Labute approximate surface area is 171 Å². The molecule has 1 fully saturated rings. The van der Waals surface area contributed by atoms with E-state index in [0.717, 1.165) is 28.3 Å². The van der Waals surface area contributed by atoms with E-state index in [0.29, 0.717) is 0 Å². The lowest BCUT2D eigenvalue weighted by molar-refractivity contribution is -0.137. The van der Waals surface area contributed by atoms with Crippen LogP contribution in [0.2, 0.25) is 0 Å². The number of amides is 1. The lowest BCUT2D eigenvalue weighted by Gasteiger charge is -2.29. The number of carbonyl (C=O) groups excluding carboxylic acids is 1. The number of hydrogen-bond donors (Lipinski definition) is 0. The summed E-state index contributed by atoms with van der Waals surface area (Å²) in [7, 11) is 0. The number of carbonyl (C=O) groups is 1. The Morgan fingerprint density at radius 1 is 1.24 bits per heavy atom. The monoisotopic (exact) mass is 418 g/mol. The van der Waals surface area contributed by atoms with Crippen molar-refractivity contribution in [1.29, 1.82) is 5.26 Å². The zero-order valence-corrected chi connectivity index (χ0v) is 16.7. The van der Waals surface area contributed by atoms with Crippen molar-refractivity contribution in [2.24, 2.45) is 0 Å². The zero-order valence-electron chi connectivity index (χ0n) is 15.9. The summed E-state index contributed by atoms with van der Waals surface area (Å²) in [6.45, 7) is 5.46. The molecule has 3 rings (SSSR count). The molecule has 2 aromatic rings. The average molecular weight is 418 g/mol. The van der Waals surface area contributed by atoms with Gasteiger partial charge in [0.25, 0.3) is 5.91 Å². The number of alkyl halides is 3. The second kappa shape index (κ2) is 7.12. The molecule has 1 aromatic carbocycles. The second-order valence-corrected chi connectivity index (χ2v) is 7.58. The minimum Gasteiger partial charge on any atom is -0.330 e. The van der Waals surface area contributed by atoms with E-state index in [4.69, 9.17) is 17.5 Å². The van der Waals surface area contributed by atoms with E-state index in [2.05, 4.69) is 4.98 Å². The summed E-state index contributed by atoms with van der Waals surface area (Å²) in [5.74, 6) is -0.444. The van der Waals surface area contributed by atoms with Gasteiger partial charge in [0.15, 0.2) is 5.11 Å². The van der Waals surface area contributed by atoms with Crippen LogP contribution in [-0.2, 0) is 17.5 Å². The van der Waals surface area contributed by atoms with Crippen LogP contribution in [0.4, 0.5) is 18.9 Å². The molecule has 0 atom stereocenters. The van der Waals surface area contributed by atoms with Gasteiger partial charge in [-0.3, -0.25) is 14.7 Å². The van der Waals surface area contributed by atoms with Crippen LogP contribution in [0.15, 0.2) is 36.5 Å². The van der Waals surface area contributed by atoms with E-state index in [1.165, 1.54) is 12.1 Å². The summed E-state index contributed by atoms with van der Waals surface area (Å²) in [6.07, 6.45) is -3.06. The molecule has 9 heteroatoms. The largest absolute Gasteiger partial charge is 0.417 e. The Bertz CT molecular complexity index is 1030. The molecule has 0 spiro atoms. The van der Waals surface area contributed by atoms with Crippen LogP contribution in [0.5, 0.6) is 0 Å². The SMILES string of the molecule is Cc1ccc(CN2C(=S)N(c3ccc(C#N)c(C(F)(F)F)c3)C(=O)C2(C)C)cn1. The van der Waals surface area contributed by atoms with Crippen molar-refractivity contribution in [3.05, 3.63) is 58.9 Å². The zero-order chi connectivity index (χ0) is 21.6.